The molecule has 0 atom stereocenters. The van der Waals surface area contributed by atoms with Crippen LogP contribution in [-0.4, -0.2) is 39.1 Å². The Labute approximate surface area is 191 Å². The summed E-state index contributed by atoms with van der Waals surface area (Å²) in [6, 6.07) is 6.28. The van der Waals surface area contributed by atoms with Gasteiger partial charge in [-0.2, -0.15) is 0 Å². The molecule has 0 radical (unpaired) electrons. The molecule has 174 valence electrons. The molecule has 1 aromatic rings. The van der Waals surface area contributed by atoms with Crippen LogP contribution in [0.5, 0.6) is 0 Å². The minimum atomic E-state index is 0.0553. The summed E-state index contributed by atoms with van der Waals surface area (Å²) in [6.07, 6.45) is 10.7. The van der Waals surface area contributed by atoms with Crippen molar-refractivity contribution in [3.63, 3.8) is 0 Å². The maximum absolute atomic E-state index is 12.7. The Morgan fingerprint density at radius 1 is 1.06 bits per heavy atom. The molecule has 0 heterocycles. The van der Waals surface area contributed by atoms with Crippen LogP contribution >= 0.6 is 0 Å². The number of carbonyl (C=O) groups excluding carboxylic acids is 1. The first-order valence-corrected chi connectivity index (χ1v) is 12.1. The molecule has 1 amide bonds. The summed E-state index contributed by atoms with van der Waals surface area (Å²) in [6.45, 7) is 14.4. The molecule has 0 unspecified atom stereocenters. The van der Waals surface area contributed by atoms with Crippen LogP contribution in [0.1, 0.15) is 82.6 Å². The molecule has 0 fully saturated rings. The number of amides is 1. The Hall–Kier alpha value is -2.07. The van der Waals surface area contributed by atoms with Crippen LogP contribution in [0.25, 0.3) is 0 Å². The second-order valence-electron chi connectivity index (χ2n) is 8.53. The number of anilines is 1. The Bertz CT molecular complexity index is 721. The Morgan fingerprint density at radius 2 is 1.81 bits per heavy atom. The molecule has 31 heavy (non-hydrogen) atoms. The van der Waals surface area contributed by atoms with E-state index in [-0.39, 0.29) is 5.91 Å². The number of unbranched alkanes of at least 4 members (excludes halogenated alkanes) is 2. The van der Waals surface area contributed by atoms with Crippen LogP contribution in [0.3, 0.4) is 0 Å². The lowest BCUT2D eigenvalue weighted by atomic mass is 10.0. The maximum atomic E-state index is 12.7. The van der Waals surface area contributed by atoms with Crippen molar-refractivity contribution < 1.29 is 4.79 Å². The zero-order valence-corrected chi connectivity index (χ0v) is 20.8. The summed E-state index contributed by atoms with van der Waals surface area (Å²) >= 11 is 0. The fourth-order valence-electron chi connectivity index (χ4n) is 3.52. The van der Waals surface area contributed by atoms with E-state index in [4.69, 9.17) is 0 Å². The third-order valence-corrected chi connectivity index (χ3v) is 5.54. The number of benzene rings is 1. The standard InChI is InChI=1S/C27H45N3O/c1-7-10-18-30(6)25-14-15-26(24(20-25)13-8-2)27(31)29-17-12-11-16-28-21-23(5)19-22(4)9-3/h9,14-15,19-20,28H,7-8,10-13,16-18,21H2,1-6H3,(H,29,31)/b22-9-,23-19-. The van der Waals surface area contributed by atoms with Gasteiger partial charge in [-0.3, -0.25) is 4.79 Å². The first-order chi connectivity index (χ1) is 14.9. The molecule has 2 N–H and O–H groups in total. The first-order valence-electron chi connectivity index (χ1n) is 12.1. The summed E-state index contributed by atoms with van der Waals surface area (Å²) < 4.78 is 0. The largest absolute Gasteiger partial charge is 0.375 e. The minimum absolute atomic E-state index is 0.0553. The Balaban J connectivity index is 2.46. The highest BCUT2D eigenvalue weighted by Gasteiger charge is 2.12. The van der Waals surface area contributed by atoms with Gasteiger partial charge in [0.05, 0.1) is 0 Å². The van der Waals surface area contributed by atoms with Gasteiger partial charge >= 0.3 is 0 Å². The lowest BCUT2D eigenvalue weighted by molar-refractivity contribution is 0.0952. The Morgan fingerprint density at radius 3 is 2.48 bits per heavy atom. The van der Waals surface area contributed by atoms with Gasteiger partial charge in [0.1, 0.15) is 0 Å². The molecule has 0 aliphatic rings. The number of carbonyl (C=O) groups is 1. The van der Waals surface area contributed by atoms with Crippen LogP contribution in [0.4, 0.5) is 5.69 Å². The molecule has 4 nitrogen and oxygen atoms in total. The quantitative estimate of drug-likeness (QED) is 0.271. The van der Waals surface area contributed by atoms with Crippen molar-refractivity contribution in [3.05, 3.63) is 52.6 Å². The van der Waals surface area contributed by atoms with E-state index in [0.29, 0.717) is 0 Å². The average molecular weight is 428 g/mol. The molecule has 0 aliphatic carbocycles. The van der Waals surface area contributed by atoms with Crippen molar-refractivity contribution >= 4 is 11.6 Å². The number of aryl methyl sites for hydroxylation is 1. The summed E-state index contributed by atoms with van der Waals surface area (Å²) in [4.78, 5) is 15.0. The average Bonchev–Trinajstić information content (AvgIpc) is 2.76. The smallest absolute Gasteiger partial charge is 0.251 e. The van der Waals surface area contributed by atoms with E-state index < -0.39 is 0 Å². The molecule has 0 saturated heterocycles. The predicted molar refractivity (Wildman–Crippen MR) is 136 cm³/mol. The monoisotopic (exact) mass is 427 g/mol. The molecule has 0 aliphatic heterocycles. The van der Waals surface area contributed by atoms with Crippen LogP contribution in [0, 0.1) is 0 Å². The van der Waals surface area contributed by atoms with E-state index in [2.05, 4.69) is 81.5 Å². The third-order valence-electron chi connectivity index (χ3n) is 5.54. The van der Waals surface area contributed by atoms with Gasteiger partial charge in [-0.25, -0.2) is 0 Å². The van der Waals surface area contributed by atoms with Gasteiger partial charge in [-0.15, -0.1) is 0 Å². The summed E-state index contributed by atoms with van der Waals surface area (Å²) in [5.41, 5.74) is 5.82. The summed E-state index contributed by atoms with van der Waals surface area (Å²) in [7, 11) is 2.13. The second kappa shape index (κ2) is 15.7. The van der Waals surface area contributed by atoms with E-state index in [1.54, 1.807) is 0 Å². The van der Waals surface area contributed by atoms with Crippen LogP contribution in [0.15, 0.2) is 41.5 Å². The highest BCUT2D eigenvalue weighted by Crippen LogP contribution is 2.21. The maximum Gasteiger partial charge on any atom is 0.251 e. The van der Waals surface area contributed by atoms with Gasteiger partial charge in [-0.05, 0) is 76.8 Å². The van der Waals surface area contributed by atoms with Gasteiger partial charge in [0, 0.05) is 37.9 Å². The fraction of sp³-hybridized carbons (Fsp3) is 0.593. The first kappa shape index (κ1) is 27.0. The zero-order valence-electron chi connectivity index (χ0n) is 20.8. The molecule has 1 aromatic carbocycles. The highest BCUT2D eigenvalue weighted by atomic mass is 16.1. The molecule has 0 bridgehead atoms. The molecule has 1 rings (SSSR count). The molecule has 4 heteroatoms. The van der Waals surface area contributed by atoms with Crippen molar-refractivity contribution in [2.45, 2.75) is 73.1 Å². The number of hydrogen-bond acceptors (Lipinski definition) is 3. The van der Waals surface area contributed by atoms with Crippen LogP contribution < -0.4 is 15.5 Å². The van der Waals surface area contributed by atoms with E-state index in [1.807, 2.05) is 6.07 Å². The molecule has 0 aromatic heterocycles. The van der Waals surface area contributed by atoms with Gasteiger partial charge < -0.3 is 15.5 Å². The number of nitrogens with one attached hydrogen (secondary N) is 2. The van der Waals surface area contributed by atoms with Crippen molar-refractivity contribution in [1.29, 1.82) is 0 Å². The van der Waals surface area contributed by atoms with Crippen molar-refractivity contribution in [2.24, 2.45) is 0 Å². The van der Waals surface area contributed by atoms with Gasteiger partial charge in [-0.1, -0.05) is 50.0 Å². The lowest BCUT2D eigenvalue weighted by Crippen LogP contribution is -2.27. The predicted octanol–water partition coefficient (Wildman–Crippen LogP) is 5.89. The fourth-order valence-corrected chi connectivity index (χ4v) is 3.52. The molecular formula is C27H45N3O. The highest BCUT2D eigenvalue weighted by molar-refractivity contribution is 5.96. The van der Waals surface area contributed by atoms with Crippen molar-refractivity contribution in [3.8, 4) is 0 Å². The zero-order chi connectivity index (χ0) is 23.1. The molecule has 0 saturated carbocycles. The minimum Gasteiger partial charge on any atom is -0.375 e. The SMILES string of the molecule is C/C=C(C)\C=C(\C)CNCCCCNC(=O)c1ccc(N(C)CCCC)cc1CCC. The lowest BCUT2D eigenvalue weighted by Gasteiger charge is -2.21. The Kier molecular flexibility index (Phi) is 13.6. The van der Waals surface area contributed by atoms with Gasteiger partial charge in [0.25, 0.3) is 5.91 Å². The van der Waals surface area contributed by atoms with E-state index in [0.717, 1.165) is 63.0 Å². The van der Waals surface area contributed by atoms with Crippen LogP contribution in [-0.2, 0) is 6.42 Å². The number of rotatable bonds is 15. The molecule has 0 spiro atoms. The van der Waals surface area contributed by atoms with E-state index in [1.165, 1.54) is 29.7 Å². The second-order valence-corrected chi connectivity index (χ2v) is 8.53. The normalized spacial score (nSPS) is 12.2. The molecular weight excluding hydrogens is 382 g/mol. The number of allylic oxidation sites excluding steroid dienone is 3. The summed E-state index contributed by atoms with van der Waals surface area (Å²) in [5.74, 6) is 0.0553. The number of hydrogen-bond donors (Lipinski definition) is 2. The third kappa shape index (κ3) is 10.7. The van der Waals surface area contributed by atoms with Crippen LogP contribution in [0.2, 0.25) is 0 Å². The van der Waals surface area contributed by atoms with Gasteiger partial charge in [0.2, 0.25) is 0 Å². The van der Waals surface area contributed by atoms with Crippen molar-refractivity contribution in [2.75, 3.05) is 38.1 Å². The number of nitrogens with zero attached hydrogens (tertiary/aromatic N) is 1. The van der Waals surface area contributed by atoms with Crippen molar-refractivity contribution in [1.82, 2.24) is 10.6 Å². The summed E-state index contributed by atoms with van der Waals surface area (Å²) in [5, 5.41) is 6.59. The van der Waals surface area contributed by atoms with E-state index >= 15 is 0 Å². The van der Waals surface area contributed by atoms with Gasteiger partial charge in [0.15, 0.2) is 0 Å². The topological polar surface area (TPSA) is 44.4 Å². The van der Waals surface area contributed by atoms with E-state index in [9.17, 15) is 4.79 Å².